The van der Waals surface area contributed by atoms with E-state index in [0.29, 0.717) is 25.3 Å². The van der Waals surface area contributed by atoms with Gasteiger partial charge in [-0.3, -0.25) is 0 Å². The van der Waals surface area contributed by atoms with Gasteiger partial charge in [-0.2, -0.15) is 0 Å². The van der Waals surface area contributed by atoms with Crippen molar-refractivity contribution in [2.75, 3.05) is 44.4 Å². The molecule has 2 rings (SSSR count). The molecular formula is C13H21FN4. The summed E-state index contributed by atoms with van der Waals surface area (Å²) in [7, 11) is 3.82. The molecule has 1 atom stereocenters. The van der Waals surface area contributed by atoms with Crippen LogP contribution in [0.5, 0.6) is 0 Å². The zero-order valence-corrected chi connectivity index (χ0v) is 11.1. The first-order valence-electron chi connectivity index (χ1n) is 6.29. The molecule has 0 spiro atoms. The zero-order valence-electron chi connectivity index (χ0n) is 11.1. The number of hydrogen-bond donors (Lipinski definition) is 1. The van der Waals surface area contributed by atoms with Crippen molar-refractivity contribution >= 4 is 11.5 Å². The Bertz CT molecular complexity index is 392. The van der Waals surface area contributed by atoms with E-state index < -0.39 is 5.67 Å². The fourth-order valence-electron chi connectivity index (χ4n) is 2.59. The second-order valence-corrected chi connectivity index (χ2v) is 5.36. The largest absolute Gasteiger partial charge is 0.384 e. The van der Waals surface area contributed by atoms with E-state index in [9.17, 15) is 4.39 Å². The summed E-state index contributed by atoms with van der Waals surface area (Å²) in [5.74, 6) is 0.496. The summed E-state index contributed by atoms with van der Waals surface area (Å²) in [5, 5.41) is 0. The summed E-state index contributed by atoms with van der Waals surface area (Å²) in [6.07, 6.45) is 3.22. The fraction of sp³-hybridized carbons (Fsp3) is 0.615. The zero-order chi connectivity index (χ0) is 13.2. The van der Waals surface area contributed by atoms with E-state index in [0.717, 1.165) is 18.7 Å². The molecule has 100 valence electrons. The first-order valence-corrected chi connectivity index (χ1v) is 6.29. The number of aromatic nitrogens is 1. The molecule has 1 aromatic heterocycles. The Hall–Kier alpha value is -1.36. The molecule has 4 nitrogen and oxygen atoms in total. The van der Waals surface area contributed by atoms with E-state index in [-0.39, 0.29) is 0 Å². The molecule has 1 aliphatic heterocycles. The van der Waals surface area contributed by atoms with Gasteiger partial charge in [0.1, 0.15) is 11.5 Å². The molecule has 0 amide bonds. The highest BCUT2D eigenvalue weighted by Crippen LogP contribution is 2.29. The lowest BCUT2D eigenvalue weighted by Gasteiger charge is -2.39. The van der Waals surface area contributed by atoms with Gasteiger partial charge in [0, 0.05) is 13.1 Å². The predicted octanol–water partition coefficient (Wildman–Crippen LogP) is 1.53. The summed E-state index contributed by atoms with van der Waals surface area (Å²) < 4.78 is 14.7. The Morgan fingerprint density at radius 1 is 1.50 bits per heavy atom. The van der Waals surface area contributed by atoms with E-state index >= 15 is 0 Å². The SMILES string of the molecule is CN(C)CC1(F)CCCN(c2ccc(N)nc2)C1. The molecule has 0 aliphatic carbocycles. The number of halogens is 1. The van der Waals surface area contributed by atoms with Crippen LogP contribution in [0.2, 0.25) is 0 Å². The summed E-state index contributed by atoms with van der Waals surface area (Å²) in [4.78, 5) is 8.03. The van der Waals surface area contributed by atoms with Gasteiger partial charge in [0.25, 0.3) is 0 Å². The van der Waals surface area contributed by atoms with Crippen LogP contribution in [0.15, 0.2) is 18.3 Å². The van der Waals surface area contributed by atoms with E-state index in [1.807, 2.05) is 25.1 Å². The van der Waals surface area contributed by atoms with Crippen LogP contribution < -0.4 is 10.6 Å². The van der Waals surface area contributed by atoms with Crippen molar-refractivity contribution in [3.63, 3.8) is 0 Å². The Balaban J connectivity index is 2.08. The summed E-state index contributed by atoms with van der Waals surface area (Å²) in [6, 6.07) is 3.67. The van der Waals surface area contributed by atoms with Crippen LogP contribution in [0, 0.1) is 0 Å². The number of pyridine rings is 1. The van der Waals surface area contributed by atoms with Crippen LogP contribution in [0.4, 0.5) is 15.9 Å². The van der Waals surface area contributed by atoms with Crippen molar-refractivity contribution in [2.24, 2.45) is 0 Å². The van der Waals surface area contributed by atoms with Gasteiger partial charge in [-0.25, -0.2) is 9.37 Å². The molecule has 2 heterocycles. The monoisotopic (exact) mass is 252 g/mol. The second kappa shape index (κ2) is 5.10. The minimum Gasteiger partial charge on any atom is -0.384 e. The molecule has 5 heteroatoms. The van der Waals surface area contributed by atoms with Crippen molar-refractivity contribution in [3.05, 3.63) is 18.3 Å². The van der Waals surface area contributed by atoms with Gasteiger partial charge < -0.3 is 15.5 Å². The average molecular weight is 252 g/mol. The molecule has 0 aromatic carbocycles. The Labute approximate surface area is 108 Å². The molecule has 1 unspecified atom stereocenters. The molecule has 1 fully saturated rings. The van der Waals surface area contributed by atoms with Crippen molar-refractivity contribution in [1.29, 1.82) is 0 Å². The summed E-state index contributed by atoms with van der Waals surface area (Å²) in [6.45, 7) is 1.77. The van der Waals surface area contributed by atoms with Gasteiger partial charge in [-0.15, -0.1) is 0 Å². The van der Waals surface area contributed by atoms with Crippen LogP contribution in [-0.2, 0) is 0 Å². The summed E-state index contributed by atoms with van der Waals surface area (Å²) >= 11 is 0. The highest BCUT2D eigenvalue weighted by atomic mass is 19.1. The van der Waals surface area contributed by atoms with E-state index in [2.05, 4.69) is 9.88 Å². The maximum atomic E-state index is 14.7. The number of nitrogens with zero attached hydrogens (tertiary/aromatic N) is 3. The fourth-order valence-corrected chi connectivity index (χ4v) is 2.59. The maximum Gasteiger partial charge on any atom is 0.141 e. The van der Waals surface area contributed by atoms with Crippen molar-refractivity contribution in [1.82, 2.24) is 9.88 Å². The first kappa shape index (κ1) is 13.1. The van der Waals surface area contributed by atoms with Crippen molar-refractivity contribution in [2.45, 2.75) is 18.5 Å². The van der Waals surface area contributed by atoms with Crippen molar-refractivity contribution in [3.8, 4) is 0 Å². The molecule has 2 N–H and O–H groups in total. The van der Waals surface area contributed by atoms with Gasteiger partial charge in [0.05, 0.1) is 18.4 Å². The topological polar surface area (TPSA) is 45.4 Å². The predicted molar refractivity (Wildman–Crippen MR) is 72.5 cm³/mol. The standard InChI is InChI=1S/C13H21FN4/c1-17(2)9-13(14)6-3-7-18(10-13)11-4-5-12(15)16-8-11/h4-5,8H,3,6-7,9-10H2,1-2H3,(H2,15,16). The third-order valence-electron chi connectivity index (χ3n) is 3.26. The lowest BCUT2D eigenvalue weighted by atomic mass is 9.94. The minimum absolute atomic E-state index is 0.427. The lowest BCUT2D eigenvalue weighted by molar-refractivity contribution is 0.0977. The third kappa shape index (κ3) is 3.10. The van der Waals surface area contributed by atoms with Gasteiger partial charge >= 0.3 is 0 Å². The minimum atomic E-state index is -1.14. The second-order valence-electron chi connectivity index (χ2n) is 5.36. The molecule has 1 saturated heterocycles. The molecule has 0 saturated carbocycles. The molecule has 1 aliphatic rings. The van der Waals surface area contributed by atoms with E-state index in [4.69, 9.17) is 5.73 Å². The number of nitrogens with two attached hydrogens (primary N) is 1. The maximum absolute atomic E-state index is 14.7. The number of alkyl halides is 1. The number of piperidine rings is 1. The van der Waals surface area contributed by atoms with Gasteiger partial charge in [-0.1, -0.05) is 0 Å². The smallest absolute Gasteiger partial charge is 0.141 e. The molecule has 0 bridgehead atoms. The van der Waals surface area contributed by atoms with Crippen molar-refractivity contribution < 1.29 is 4.39 Å². The van der Waals surface area contributed by atoms with Gasteiger partial charge in [-0.05, 0) is 39.1 Å². The molecule has 18 heavy (non-hydrogen) atoms. The van der Waals surface area contributed by atoms with E-state index in [1.54, 1.807) is 12.3 Å². The van der Waals surface area contributed by atoms with Gasteiger partial charge in [0.15, 0.2) is 0 Å². The average Bonchev–Trinajstić information content (AvgIpc) is 2.28. The Morgan fingerprint density at radius 3 is 2.89 bits per heavy atom. The number of hydrogen-bond acceptors (Lipinski definition) is 4. The van der Waals surface area contributed by atoms with Crippen LogP contribution in [-0.4, -0.2) is 49.3 Å². The van der Waals surface area contributed by atoms with Crippen LogP contribution in [0.1, 0.15) is 12.8 Å². The lowest BCUT2D eigenvalue weighted by Crippen LogP contribution is -2.50. The van der Waals surface area contributed by atoms with E-state index in [1.165, 1.54) is 0 Å². The molecule has 1 aromatic rings. The first-order chi connectivity index (χ1) is 8.48. The number of nitrogen functional groups attached to an aromatic ring is 1. The highest BCUT2D eigenvalue weighted by molar-refractivity contribution is 5.48. The number of rotatable bonds is 3. The summed E-state index contributed by atoms with van der Waals surface area (Å²) in [5.41, 5.74) is 5.38. The molecular weight excluding hydrogens is 231 g/mol. The van der Waals surface area contributed by atoms with Gasteiger partial charge in [0.2, 0.25) is 0 Å². The number of anilines is 2. The Morgan fingerprint density at radius 2 is 2.28 bits per heavy atom. The Kier molecular flexibility index (Phi) is 3.71. The van der Waals surface area contributed by atoms with Crippen LogP contribution in [0.3, 0.4) is 0 Å². The van der Waals surface area contributed by atoms with Crippen LogP contribution >= 0.6 is 0 Å². The van der Waals surface area contributed by atoms with Crippen LogP contribution in [0.25, 0.3) is 0 Å². The highest BCUT2D eigenvalue weighted by Gasteiger charge is 2.36. The normalized spacial score (nSPS) is 24.6. The third-order valence-corrected chi connectivity index (χ3v) is 3.26. The molecule has 0 radical (unpaired) electrons. The quantitative estimate of drug-likeness (QED) is 0.886.